The molecule has 0 radical (unpaired) electrons. The number of rotatable bonds is 3. The zero-order chi connectivity index (χ0) is 17.1. The summed E-state index contributed by atoms with van der Waals surface area (Å²) in [4.78, 5) is 16.8. The van der Waals surface area contributed by atoms with Gasteiger partial charge in [-0.2, -0.15) is 0 Å². The Hall–Kier alpha value is -2.85. The molecule has 1 aromatic heterocycles. The van der Waals surface area contributed by atoms with Crippen molar-refractivity contribution in [3.05, 3.63) is 76.9 Å². The first-order chi connectivity index (χ1) is 11.5. The summed E-state index contributed by atoms with van der Waals surface area (Å²) in [7, 11) is 0. The number of hydrogen-bond donors (Lipinski definition) is 2. The van der Waals surface area contributed by atoms with Crippen LogP contribution in [0.5, 0.6) is 5.75 Å². The molecule has 0 spiro atoms. The van der Waals surface area contributed by atoms with Crippen LogP contribution < -0.4 is 5.32 Å². The van der Waals surface area contributed by atoms with Gasteiger partial charge in [-0.25, -0.2) is 4.98 Å². The fourth-order valence-corrected chi connectivity index (χ4v) is 2.56. The molecule has 1 amide bonds. The minimum Gasteiger partial charge on any atom is -0.504 e. The van der Waals surface area contributed by atoms with Gasteiger partial charge in [0.15, 0.2) is 11.6 Å². The second-order valence-corrected chi connectivity index (χ2v) is 5.77. The SMILES string of the molecule is Cc1ccc(O)c(NC(=O)c2ccc(Cl)cc2-c2ccccc2)n1. The molecule has 0 bridgehead atoms. The summed E-state index contributed by atoms with van der Waals surface area (Å²) in [6.45, 7) is 1.78. The van der Waals surface area contributed by atoms with Gasteiger partial charge in [0.05, 0.1) is 0 Å². The van der Waals surface area contributed by atoms with E-state index >= 15 is 0 Å². The standard InChI is InChI=1S/C19H15ClN2O2/c1-12-7-10-17(23)18(21-12)22-19(24)15-9-8-14(20)11-16(15)13-5-3-2-4-6-13/h2-11,23H,1H3,(H,21,22,24). The van der Waals surface area contributed by atoms with Crippen molar-refractivity contribution in [3.63, 3.8) is 0 Å². The molecule has 0 aliphatic heterocycles. The highest BCUT2D eigenvalue weighted by molar-refractivity contribution is 6.31. The number of anilines is 1. The van der Waals surface area contributed by atoms with Crippen LogP contribution >= 0.6 is 11.6 Å². The van der Waals surface area contributed by atoms with E-state index in [4.69, 9.17) is 11.6 Å². The van der Waals surface area contributed by atoms with Crippen molar-refractivity contribution in [3.8, 4) is 16.9 Å². The average molecular weight is 339 g/mol. The van der Waals surface area contributed by atoms with Crippen molar-refractivity contribution in [2.75, 3.05) is 5.32 Å². The number of aryl methyl sites for hydroxylation is 1. The van der Waals surface area contributed by atoms with Gasteiger partial charge in [0, 0.05) is 16.3 Å². The van der Waals surface area contributed by atoms with E-state index in [2.05, 4.69) is 10.3 Å². The van der Waals surface area contributed by atoms with Crippen LogP contribution in [0.25, 0.3) is 11.1 Å². The molecule has 120 valence electrons. The highest BCUT2D eigenvalue weighted by Gasteiger charge is 2.15. The molecule has 5 heteroatoms. The van der Waals surface area contributed by atoms with E-state index in [0.717, 1.165) is 5.56 Å². The Morgan fingerprint density at radius 2 is 1.83 bits per heavy atom. The fraction of sp³-hybridized carbons (Fsp3) is 0.0526. The summed E-state index contributed by atoms with van der Waals surface area (Å²) < 4.78 is 0. The predicted molar refractivity (Wildman–Crippen MR) is 95.5 cm³/mol. The van der Waals surface area contributed by atoms with Gasteiger partial charge in [-0.05, 0) is 48.4 Å². The van der Waals surface area contributed by atoms with Crippen LogP contribution in [0.2, 0.25) is 5.02 Å². The first kappa shape index (κ1) is 16.0. The maximum Gasteiger partial charge on any atom is 0.257 e. The Kier molecular flexibility index (Phi) is 4.49. The molecule has 4 nitrogen and oxygen atoms in total. The first-order valence-electron chi connectivity index (χ1n) is 7.37. The molecular weight excluding hydrogens is 324 g/mol. The van der Waals surface area contributed by atoms with Gasteiger partial charge >= 0.3 is 0 Å². The number of benzene rings is 2. The highest BCUT2D eigenvalue weighted by atomic mass is 35.5. The summed E-state index contributed by atoms with van der Waals surface area (Å²) in [5, 5.41) is 13.1. The number of aromatic hydroxyl groups is 1. The maximum atomic E-state index is 12.7. The number of halogens is 1. The van der Waals surface area contributed by atoms with Crippen LogP contribution in [0.1, 0.15) is 16.1 Å². The third-order valence-corrected chi connectivity index (χ3v) is 3.79. The summed E-state index contributed by atoms with van der Waals surface area (Å²) in [6, 6.07) is 17.7. The molecule has 0 saturated carbocycles. The lowest BCUT2D eigenvalue weighted by molar-refractivity contribution is 0.102. The Bertz CT molecular complexity index is 895. The number of pyridine rings is 1. The Labute approximate surface area is 144 Å². The molecule has 3 rings (SSSR count). The summed E-state index contributed by atoms with van der Waals surface area (Å²) in [6.07, 6.45) is 0. The van der Waals surface area contributed by atoms with E-state index in [1.54, 1.807) is 31.2 Å². The van der Waals surface area contributed by atoms with Gasteiger partial charge in [0.1, 0.15) is 0 Å². The van der Waals surface area contributed by atoms with Crippen molar-refractivity contribution >= 4 is 23.3 Å². The number of carbonyl (C=O) groups is 1. The topological polar surface area (TPSA) is 62.2 Å². The monoisotopic (exact) mass is 338 g/mol. The quantitative estimate of drug-likeness (QED) is 0.729. The number of carbonyl (C=O) groups excluding carboxylic acids is 1. The van der Waals surface area contributed by atoms with Crippen molar-refractivity contribution in [1.82, 2.24) is 4.98 Å². The van der Waals surface area contributed by atoms with E-state index in [1.807, 2.05) is 30.3 Å². The Morgan fingerprint density at radius 3 is 2.58 bits per heavy atom. The lowest BCUT2D eigenvalue weighted by Crippen LogP contribution is -2.14. The molecule has 3 aromatic rings. The molecule has 0 unspecified atom stereocenters. The molecule has 1 heterocycles. The summed E-state index contributed by atoms with van der Waals surface area (Å²) in [5.74, 6) is -0.308. The van der Waals surface area contributed by atoms with Crippen LogP contribution in [-0.4, -0.2) is 16.0 Å². The van der Waals surface area contributed by atoms with Crippen LogP contribution in [0.15, 0.2) is 60.7 Å². The van der Waals surface area contributed by atoms with Gasteiger partial charge < -0.3 is 10.4 Å². The minimum absolute atomic E-state index is 0.0795. The second kappa shape index (κ2) is 6.72. The van der Waals surface area contributed by atoms with Gasteiger partial charge in [0.2, 0.25) is 0 Å². The van der Waals surface area contributed by atoms with Gasteiger partial charge in [-0.15, -0.1) is 0 Å². The zero-order valence-corrected chi connectivity index (χ0v) is 13.7. The molecule has 0 atom stereocenters. The summed E-state index contributed by atoms with van der Waals surface area (Å²) >= 11 is 6.09. The molecule has 0 saturated heterocycles. The predicted octanol–water partition coefficient (Wildman–Crippen LogP) is 4.67. The molecule has 2 N–H and O–H groups in total. The third kappa shape index (κ3) is 3.39. The zero-order valence-electron chi connectivity index (χ0n) is 13.0. The summed E-state index contributed by atoms with van der Waals surface area (Å²) in [5.41, 5.74) is 2.75. The van der Waals surface area contributed by atoms with E-state index in [1.165, 1.54) is 6.07 Å². The molecule has 0 aliphatic rings. The lowest BCUT2D eigenvalue weighted by Gasteiger charge is -2.12. The number of aromatic nitrogens is 1. The highest BCUT2D eigenvalue weighted by Crippen LogP contribution is 2.28. The smallest absolute Gasteiger partial charge is 0.257 e. The first-order valence-corrected chi connectivity index (χ1v) is 7.75. The van der Waals surface area contributed by atoms with Gasteiger partial charge in [0.25, 0.3) is 5.91 Å². The van der Waals surface area contributed by atoms with Crippen molar-refractivity contribution in [2.45, 2.75) is 6.92 Å². The average Bonchev–Trinajstić information content (AvgIpc) is 2.58. The van der Waals surface area contributed by atoms with Crippen molar-refractivity contribution in [2.24, 2.45) is 0 Å². The van der Waals surface area contributed by atoms with Crippen LogP contribution in [0.3, 0.4) is 0 Å². The number of hydrogen-bond acceptors (Lipinski definition) is 3. The number of amides is 1. The molecule has 24 heavy (non-hydrogen) atoms. The van der Waals surface area contributed by atoms with Crippen molar-refractivity contribution in [1.29, 1.82) is 0 Å². The molecule has 2 aromatic carbocycles. The molecule has 0 fully saturated rings. The minimum atomic E-state index is -0.362. The fourth-order valence-electron chi connectivity index (χ4n) is 2.39. The van der Waals surface area contributed by atoms with Crippen LogP contribution in [0.4, 0.5) is 5.82 Å². The lowest BCUT2D eigenvalue weighted by atomic mass is 9.99. The Morgan fingerprint density at radius 1 is 1.08 bits per heavy atom. The van der Waals surface area contributed by atoms with Crippen LogP contribution in [0, 0.1) is 6.92 Å². The van der Waals surface area contributed by atoms with Gasteiger partial charge in [-0.3, -0.25) is 4.79 Å². The number of nitrogens with one attached hydrogen (secondary N) is 1. The maximum absolute atomic E-state index is 12.7. The van der Waals surface area contributed by atoms with E-state index < -0.39 is 0 Å². The molecular formula is C19H15ClN2O2. The second-order valence-electron chi connectivity index (χ2n) is 5.33. The number of nitrogens with zero attached hydrogens (tertiary/aromatic N) is 1. The Balaban J connectivity index is 2.00. The molecule has 0 aliphatic carbocycles. The normalized spacial score (nSPS) is 10.4. The largest absolute Gasteiger partial charge is 0.504 e. The van der Waals surface area contributed by atoms with E-state index in [9.17, 15) is 9.90 Å². The van der Waals surface area contributed by atoms with Gasteiger partial charge in [-0.1, -0.05) is 41.9 Å². The van der Waals surface area contributed by atoms with E-state index in [-0.39, 0.29) is 17.5 Å². The van der Waals surface area contributed by atoms with Crippen LogP contribution in [-0.2, 0) is 0 Å². The third-order valence-electron chi connectivity index (χ3n) is 3.56. The van der Waals surface area contributed by atoms with E-state index in [0.29, 0.717) is 21.8 Å². The van der Waals surface area contributed by atoms with Crippen molar-refractivity contribution < 1.29 is 9.90 Å².